The van der Waals surface area contributed by atoms with Gasteiger partial charge in [-0.3, -0.25) is 9.59 Å². The number of carbonyl (C=O) groups excluding carboxylic acids is 2. The molecule has 0 spiro atoms. The van der Waals surface area contributed by atoms with Crippen LogP contribution < -0.4 is 0 Å². The maximum Gasteiger partial charge on any atom is 0.310 e. The zero-order chi connectivity index (χ0) is 26.3. The smallest absolute Gasteiger partial charge is 0.310 e. The van der Waals surface area contributed by atoms with Crippen LogP contribution >= 0.6 is 0 Å². The lowest BCUT2D eigenvalue weighted by molar-refractivity contribution is -0.870. The summed E-state index contributed by atoms with van der Waals surface area (Å²) in [5, 5.41) is 0. The number of rotatable bonds is 12. The van der Waals surface area contributed by atoms with Crippen LogP contribution in [0.4, 0.5) is 0 Å². The van der Waals surface area contributed by atoms with E-state index in [0.717, 1.165) is 46.0 Å². The van der Waals surface area contributed by atoms with E-state index < -0.39 is 11.8 Å². The van der Waals surface area contributed by atoms with Crippen LogP contribution in [0.1, 0.15) is 35.8 Å². The van der Waals surface area contributed by atoms with E-state index in [1.54, 1.807) is 0 Å². The minimum Gasteiger partial charge on any atom is -0.465 e. The van der Waals surface area contributed by atoms with Crippen molar-refractivity contribution in [3.63, 3.8) is 0 Å². The average molecular weight is 497 g/mol. The molecule has 6 nitrogen and oxygen atoms in total. The van der Waals surface area contributed by atoms with Gasteiger partial charge in [0.25, 0.3) is 0 Å². The Labute approximate surface area is 217 Å². The molecule has 1 aliphatic rings. The van der Waals surface area contributed by atoms with Crippen molar-refractivity contribution in [2.24, 2.45) is 11.8 Å². The Morgan fingerprint density at radius 3 is 1.25 bits per heavy atom. The largest absolute Gasteiger partial charge is 0.465 e. The van der Waals surface area contributed by atoms with E-state index in [2.05, 4.69) is 42.3 Å². The molecule has 0 amide bonds. The van der Waals surface area contributed by atoms with Gasteiger partial charge in [0, 0.05) is 24.7 Å². The number of carbonyl (C=O) groups is 2. The highest BCUT2D eigenvalue weighted by Crippen LogP contribution is 2.58. The zero-order valence-electron chi connectivity index (χ0n) is 22.9. The molecule has 3 rings (SSSR count). The van der Waals surface area contributed by atoms with Crippen molar-refractivity contribution >= 4 is 11.9 Å². The van der Waals surface area contributed by atoms with Gasteiger partial charge >= 0.3 is 11.9 Å². The molecule has 0 atom stereocenters. The number of benzene rings is 2. The van der Waals surface area contributed by atoms with Gasteiger partial charge in [-0.25, -0.2) is 0 Å². The molecule has 0 aromatic heterocycles. The van der Waals surface area contributed by atoms with E-state index in [1.807, 2.05) is 60.7 Å². The summed E-state index contributed by atoms with van der Waals surface area (Å²) in [6, 6.07) is 19.7. The van der Waals surface area contributed by atoms with Gasteiger partial charge in [-0.05, 0) is 11.1 Å². The molecular weight excluding hydrogens is 452 g/mol. The van der Waals surface area contributed by atoms with E-state index in [1.165, 1.54) is 0 Å². The standard InChI is InChI=1S/C30H44N2O4/c1-31(2,3)19-13-21-35-29(33)27-25(23-15-9-7-10-16-23)28(26(27)24-17-11-8-12-18-24)30(34)36-22-14-20-32(4,5)6/h7-12,15-18,25-28H,13-14,19-22H2,1-6H3/q+2. The summed E-state index contributed by atoms with van der Waals surface area (Å²) in [5.74, 6) is -1.85. The number of ether oxygens (including phenoxy) is 2. The molecule has 6 heteroatoms. The average Bonchev–Trinajstić information content (AvgIpc) is 2.79. The van der Waals surface area contributed by atoms with Gasteiger partial charge in [-0.15, -0.1) is 0 Å². The minimum absolute atomic E-state index is 0.229. The van der Waals surface area contributed by atoms with Crippen LogP contribution in [-0.4, -0.2) is 89.5 Å². The highest BCUT2D eigenvalue weighted by molar-refractivity contribution is 5.85. The first-order chi connectivity index (χ1) is 17.0. The second-order valence-corrected chi connectivity index (χ2v) is 12.0. The van der Waals surface area contributed by atoms with Crippen LogP contribution in [0, 0.1) is 11.8 Å². The fourth-order valence-corrected chi connectivity index (χ4v) is 5.13. The summed E-state index contributed by atoms with van der Waals surface area (Å²) in [6.45, 7) is 2.61. The first kappa shape index (κ1) is 27.9. The van der Waals surface area contributed by atoms with Gasteiger partial charge in [0.05, 0.1) is 80.4 Å². The fourth-order valence-electron chi connectivity index (χ4n) is 5.13. The molecule has 1 saturated carbocycles. The summed E-state index contributed by atoms with van der Waals surface area (Å²) in [6.07, 6.45) is 1.59. The quantitative estimate of drug-likeness (QED) is 0.252. The normalized spacial score (nSPS) is 21.9. The molecular formula is C30H44N2O4+2. The Kier molecular flexibility index (Phi) is 9.31. The number of nitrogens with zero attached hydrogens (tertiary/aromatic N) is 2. The number of hydrogen-bond donors (Lipinski definition) is 0. The zero-order valence-corrected chi connectivity index (χ0v) is 22.9. The van der Waals surface area contributed by atoms with Crippen molar-refractivity contribution < 1.29 is 28.0 Å². The fraction of sp³-hybridized carbons (Fsp3) is 0.533. The predicted octanol–water partition coefficient (Wildman–Crippen LogP) is 4.08. The lowest BCUT2D eigenvalue weighted by atomic mass is 9.52. The third kappa shape index (κ3) is 7.65. The molecule has 0 radical (unpaired) electrons. The lowest BCUT2D eigenvalue weighted by Crippen LogP contribution is -2.52. The Balaban J connectivity index is 1.82. The molecule has 1 aliphatic carbocycles. The van der Waals surface area contributed by atoms with Crippen molar-refractivity contribution in [2.45, 2.75) is 24.7 Å². The number of esters is 2. The Hall–Kier alpha value is -2.70. The van der Waals surface area contributed by atoms with Gasteiger partial charge in [0.1, 0.15) is 0 Å². The summed E-state index contributed by atoms with van der Waals surface area (Å²) in [5.41, 5.74) is 1.96. The van der Waals surface area contributed by atoms with E-state index in [-0.39, 0.29) is 23.8 Å². The van der Waals surface area contributed by atoms with E-state index in [4.69, 9.17) is 9.47 Å². The molecule has 0 unspecified atom stereocenters. The highest BCUT2D eigenvalue weighted by Gasteiger charge is 2.59. The van der Waals surface area contributed by atoms with Crippen molar-refractivity contribution in [3.8, 4) is 0 Å². The molecule has 0 heterocycles. The van der Waals surface area contributed by atoms with Gasteiger partial charge < -0.3 is 18.4 Å². The number of quaternary nitrogens is 2. The Bertz CT molecular complexity index is 890. The van der Waals surface area contributed by atoms with Crippen LogP contribution in [0.2, 0.25) is 0 Å². The summed E-state index contributed by atoms with van der Waals surface area (Å²) >= 11 is 0. The van der Waals surface area contributed by atoms with E-state index in [0.29, 0.717) is 13.2 Å². The molecule has 1 fully saturated rings. The van der Waals surface area contributed by atoms with E-state index >= 15 is 0 Å². The van der Waals surface area contributed by atoms with Gasteiger partial charge in [-0.2, -0.15) is 0 Å². The van der Waals surface area contributed by atoms with Crippen LogP contribution in [0.15, 0.2) is 60.7 Å². The third-order valence-electron chi connectivity index (χ3n) is 6.90. The topological polar surface area (TPSA) is 52.6 Å². The summed E-state index contributed by atoms with van der Waals surface area (Å²) < 4.78 is 13.3. The van der Waals surface area contributed by atoms with Gasteiger partial charge in [-0.1, -0.05) is 60.7 Å². The van der Waals surface area contributed by atoms with Crippen molar-refractivity contribution in [3.05, 3.63) is 71.8 Å². The molecule has 2 aromatic carbocycles. The monoisotopic (exact) mass is 496 g/mol. The molecule has 0 N–H and O–H groups in total. The Morgan fingerprint density at radius 1 is 0.611 bits per heavy atom. The Morgan fingerprint density at radius 2 is 0.944 bits per heavy atom. The van der Waals surface area contributed by atoms with Crippen LogP contribution in [-0.2, 0) is 19.1 Å². The van der Waals surface area contributed by atoms with Crippen LogP contribution in [0.5, 0.6) is 0 Å². The summed E-state index contributed by atoms with van der Waals surface area (Å²) in [7, 11) is 12.8. The van der Waals surface area contributed by atoms with Gasteiger partial charge in [0.15, 0.2) is 0 Å². The number of hydrogen-bond acceptors (Lipinski definition) is 4. The molecule has 196 valence electrons. The van der Waals surface area contributed by atoms with Crippen molar-refractivity contribution in [1.82, 2.24) is 0 Å². The first-order valence-electron chi connectivity index (χ1n) is 13.0. The molecule has 0 saturated heterocycles. The molecule has 0 aliphatic heterocycles. The maximum atomic E-state index is 13.5. The van der Waals surface area contributed by atoms with Crippen LogP contribution in [0.3, 0.4) is 0 Å². The minimum atomic E-state index is -0.428. The maximum absolute atomic E-state index is 13.5. The van der Waals surface area contributed by atoms with Gasteiger partial charge in [0.2, 0.25) is 0 Å². The second-order valence-electron chi connectivity index (χ2n) is 12.0. The molecule has 36 heavy (non-hydrogen) atoms. The van der Waals surface area contributed by atoms with Crippen molar-refractivity contribution in [2.75, 3.05) is 68.6 Å². The highest BCUT2D eigenvalue weighted by atomic mass is 16.5. The first-order valence-corrected chi connectivity index (χ1v) is 13.0. The van der Waals surface area contributed by atoms with Crippen molar-refractivity contribution in [1.29, 1.82) is 0 Å². The SMILES string of the molecule is C[N+](C)(C)CCCOC(=O)C1C(c2ccccc2)C(C(=O)OCCC[N+](C)(C)C)C1c1ccccc1. The predicted molar refractivity (Wildman–Crippen MR) is 142 cm³/mol. The third-order valence-corrected chi connectivity index (χ3v) is 6.90. The molecule has 2 aromatic rings. The van der Waals surface area contributed by atoms with E-state index in [9.17, 15) is 9.59 Å². The molecule has 0 bridgehead atoms. The summed E-state index contributed by atoms with van der Waals surface area (Å²) in [4.78, 5) is 26.9. The second kappa shape index (κ2) is 12.0. The van der Waals surface area contributed by atoms with Crippen LogP contribution in [0.25, 0.3) is 0 Å². The lowest BCUT2D eigenvalue weighted by Gasteiger charge is -2.49.